The van der Waals surface area contributed by atoms with Gasteiger partial charge >= 0.3 is 5.97 Å². The molecule has 2 N–H and O–H groups in total. The predicted molar refractivity (Wildman–Crippen MR) is 124 cm³/mol. The van der Waals surface area contributed by atoms with E-state index in [0.717, 1.165) is 22.2 Å². The molecule has 0 saturated heterocycles. The molecule has 1 aliphatic heterocycles. The van der Waals surface area contributed by atoms with Crippen molar-refractivity contribution in [3.05, 3.63) is 95.7 Å². The third kappa shape index (κ3) is 3.53. The number of hydrogen-bond acceptors (Lipinski definition) is 4. The number of Topliss-reactive ketones (excluding diaryl/α,β-unsaturated/α-hetero) is 1. The van der Waals surface area contributed by atoms with Crippen molar-refractivity contribution in [2.75, 3.05) is 13.2 Å². The van der Waals surface area contributed by atoms with Crippen LogP contribution in [0.4, 0.5) is 0 Å². The fourth-order valence-corrected chi connectivity index (χ4v) is 4.41. The number of carbonyl (C=O) groups excluding carboxylic acids is 1. The van der Waals surface area contributed by atoms with E-state index in [-0.39, 0.29) is 5.92 Å². The largest absolute Gasteiger partial charge is 0.493 e. The van der Waals surface area contributed by atoms with Crippen LogP contribution < -0.4 is 9.47 Å². The van der Waals surface area contributed by atoms with E-state index in [0.29, 0.717) is 30.1 Å². The quantitative estimate of drug-likeness (QED) is 0.313. The number of fused-ring (bicyclic) bond motifs is 2. The van der Waals surface area contributed by atoms with E-state index < -0.39 is 17.2 Å². The van der Waals surface area contributed by atoms with Gasteiger partial charge in [0, 0.05) is 28.2 Å². The third-order valence-electron chi connectivity index (χ3n) is 6.38. The molecular weight excluding hydrogens is 418 g/mol. The van der Waals surface area contributed by atoms with E-state index in [1.54, 1.807) is 48.7 Å². The Morgan fingerprint density at radius 2 is 1.85 bits per heavy atom. The number of H-pyrrole nitrogens is 1. The van der Waals surface area contributed by atoms with Crippen LogP contribution in [0.5, 0.6) is 11.5 Å². The number of carbonyl (C=O) groups is 2. The summed E-state index contributed by atoms with van der Waals surface area (Å²) in [6.07, 6.45) is 1.74. The summed E-state index contributed by atoms with van der Waals surface area (Å²) in [6, 6.07) is 21.7. The smallest absolute Gasteiger partial charge is 0.321 e. The van der Waals surface area contributed by atoms with Gasteiger partial charge in [0.25, 0.3) is 0 Å². The Labute approximate surface area is 190 Å². The first-order valence-corrected chi connectivity index (χ1v) is 10.8. The zero-order chi connectivity index (χ0) is 23.0. The molecule has 33 heavy (non-hydrogen) atoms. The normalized spacial score (nSPS) is 16.6. The molecule has 6 heteroatoms. The van der Waals surface area contributed by atoms with Crippen molar-refractivity contribution in [3.63, 3.8) is 0 Å². The number of aromatic nitrogens is 1. The Bertz CT molecular complexity index is 1340. The lowest BCUT2D eigenvalue weighted by Crippen LogP contribution is -2.41. The topological polar surface area (TPSA) is 88.6 Å². The number of carboxylic acids is 1. The van der Waals surface area contributed by atoms with Crippen LogP contribution in [-0.2, 0) is 10.2 Å². The first kappa shape index (κ1) is 20.8. The van der Waals surface area contributed by atoms with Crippen LogP contribution >= 0.6 is 0 Å². The highest BCUT2D eigenvalue weighted by atomic mass is 16.5. The van der Waals surface area contributed by atoms with Gasteiger partial charge in [0.2, 0.25) is 0 Å². The van der Waals surface area contributed by atoms with Crippen LogP contribution in [0.1, 0.15) is 34.3 Å². The summed E-state index contributed by atoms with van der Waals surface area (Å²) in [5.41, 5.74) is 0.956. The van der Waals surface area contributed by atoms with Crippen molar-refractivity contribution < 1.29 is 24.2 Å². The van der Waals surface area contributed by atoms with Crippen molar-refractivity contribution >= 4 is 22.7 Å². The van der Waals surface area contributed by atoms with Crippen LogP contribution in [-0.4, -0.2) is 35.1 Å². The number of benzene rings is 3. The summed E-state index contributed by atoms with van der Waals surface area (Å²) in [5, 5.41) is 10.8. The highest BCUT2D eigenvalue weighted by Crippen LogP contribution is 2.35. The molecular formula is C27H23NO5. The van der Waals surface area contributed by atoms with Gasteiger partial charge in [-0.25, -0.2) is 0 Å². The molecule has 0 aliphatic carbocycles. The number of ketones is 1. The highest BCUT2D eigenvalue weighted by molar-refractivity contribution is 6.18. The van der Waals surface area contributed by atoms with E-state index in [1.165, 1.54) is 6.92 Å². The van der Waals surface area contributed by atoms with E-state index in [4.69, 9.17) is 9.47 Å². The van der Waals surface area contributed by atoms with E-state index in [2.05, 4.69) is 4.98 Å². The maximum absolute atomic E-state index is 13.4. The maximum atomic E-state index is 13.4. The maximum Gasteiger partial charge on any atom is 0.321 e. The molecule has 0 bridgehead atoms. The van der Waals surface area contributed by atoms with Crippen molar-refractivity contribution in [2.24, 2.45) is 0 Å². The number of ether oxygens (including phenoxy) is 2. The van der Waals surface area contributed by atoms with Crippen molar-refractivity contribution in [3.8, 4) is 11.5 Å². The second kappa shape index (κ2) is 8.13. The Hall–Kier alpha value is -4.06. The second-order valence-electron chi connectivity index (χ2n) is 8.38. The molecule has 1 aliphatic rings. The number of carboxylic acid groups (broad SMARTS) is 1. The molecule has 0 spiro atoms. The lowest BCUT2D eigenvalue weighted by Gasteiger charge is -2.25. The van der Waals surface area contributed by atoms with E-state index >= 15 is 0 Å². The molecule has 0 saturated carbocycles. The molecule has 1 unspecified atom stereocenters. The molecule has 2 heterocycles. The zero-order valence-electron chi connectivity index (χ0n) is 18.1. The minimum atomic E-state index is -1.73. The zero-order valence-corrected chi connectivity index (χ0v) is 18.1. The lowest BCUT2D eigenvalue weighted by atomic mass is 9.75. The van der Waals surface area contributed by atoms with E-state index in [1.807, 2.05) is 30.3 Å². The number of aromatic amines is 1. The van der Waals surface area contributed by atoms with Crippen LogP contribution in [0.3, 0.4) is 0 Å². The molecule has 4 aromatic rings. The highest BCUT2D eigenvalue weighted by Gasteiger charge is 2.44. The minimum Gasteiger partial charge on any atom is -0.493 e. The Morgan fingerprint density at radius 1 is 1.06 bits per heavy atom. The molecule has 0 fully saturated rings. The van der Waals surface area contributed by atoms with Crippen LogP contribution in [0.25, 0.3) is 10.9 Å². The molecule has 3 aromatic carbocycles. The summed E-state index contributed by atoms with van der Waals surface area (Å²) in [5.74, 6) is -0.0346. The van der Waals surface area contributed by atoms with Crippen LogP contribution in [0, 0.1) is 0 Å². The number of hydrogen-bond donors (Lipinski definition) is 2. The second-order valence-corrected chi connectivity index (χ2v) is 8.38. The number of nitrogens with one attached hydrogen (secondary N) is 1. The summed E-state index contributed by atoms with van der Waals surface area (Å²) in [6.45, 7) is 2.48. The summed E-state index contributed by atoms with van der Waals surface area (Å²) in [7, 11) is 0. The van der Waals surface area contributed by atoms with Crippen molar-refractivity contribution in [1.82, 2.24) is 4.98 Å². The fourth-order valence-electron chi connectivity index (χ4n) is 4.41. The number of aliphatic carboxylic acids is 1. The Balaban J connectivity index is 1.36. The Kier molecular flexibility index (Phi) is 5.13. The molecule has 166 valence electrons. The Morgan fingerprint density at radius 3 is 2.64 bits per heavy atom. The molecule has 2 atom stereocenters. The fraction of sp³-hybridized carbons (Fsp3) is 0.185. The third-order valence-corrected chi connectivity index (χ3v) is 6.38. The molecule has 1 aromatic heterocycles. The van der Waals surface area contributed by atoms with Gasteiger partial charge < -0.3 is 19.6 Å². The number of rotatable bonds is 7. The summed E-state index contributed by atoms with van der Waals surface area (Å²) < 4.78 is 11.6. The monoisotopic (exact) mass is 441 g/mol. The van der Waals surface area contributed by atoms with Crippen LogP contribution in [0.2, 0.25) is 0 Å². The molecule has 5 rings (SSSR count). The summed E-state index contributed by atoms with van der Waals surface area (Å²) in [4.78, 5) is 28.9. The predicted octanol–water partition coefficient (Wildman–Crippen LogP) is 4.95. The lowest BCUT2D eigenvalue weighted by molar-refractivity contribution is -0.141. The minimum absolute atomic E-state index is 0.139. The SMILES string of the molecule is CC(C(=O)O)(C(=O)c1ccc(OC[C@@H]2COc3ccccc32)cc1)c1cccc2[nH]ccc12. The van der Waals surface area contributed by atoms with Crippen molar-refractivity contribution in [1.29, 1.82) is 0 Å². The van der Waals surface area contributed by atoms with Gasteiger partial charge in [-0.1, -0.05) is 30.3 Å². The van der Waals surface area contributed by atoms with Crippen molar-refractivity contribution in [2.45, 2.75) is 18.3 Å². The molecule has 0 amide bonds. The number of para-hydroxylation sites is 1. The van der Waals surface area contributed by atoms with Gasteiger partial charge in [0.15, 0.2) is 11.2 Å². The average Bonchev–Trinajstić information content (AvgIpc) is 3.49. The van der Waals surface area contributed by atoms with Gasteiger partial charge in [-0.2, -0.15) is 0 Å². The van der Waals surface area contributed by atoms with Crippen LogP contribution in [0.15, 0.2) is 79.0 Å². The standard InChI is InChI=1S/C27H23NO5/c1-27(26(30)31,22-6-4-7-23-21(22)13-14-28-23)25(29)17-9-11-19(12-10-17)32-15-18-16-33-24-8-3-2-5-20(18)24/h2-14,18,28H,15-16H2,1H3,(H,30,31)/t18-,27?/m1/s1. The van der Waals surface area contributed by atoms with Gasteiger partial charge in [-0.15, -0.1) is 0 Å². The molecule has 0 radical (unpaired) electrons. The van der Waals surface area contributed by atoms with E-state index in [9.17, 15) is 14.7 Å². The summed E-state index contributed by atoms with van der Waals surface area (Å²) >= 11 is 0. The van der Waals surface area contributed by atoms with Gasteiger partial charge in [-0.3, -0.25) is 9.59 Å². The first-order chi connectivity index (χ1) is 16.0. The van der Waals surface area contributed by atoms with Gasteiger partial charge in [0.1, 0.15) is 11.5 Å². The molecule has 6 nitrogen and oxygen atoms in total. The first-order valence-electron chi connectivity index (χ1n) is 10.8. The van der Waals surface area contributed by atoms with Gasteiger partial charge in [-0.05, 0) is 55.0 Å². The van der Waals surface area contributed by atoms with Gasteiger partial charge in [0.05, 0.1) is 19.1 Å². The average molecular weight is 441 g/mol.